The molecule has 0 aromatic heterocycles. The van der Waals surface area contributed by atoms with Gasteiger partial charge in [-0.15, -0.1) is 24.0 Å². The molecule has 6 nitrogen and oxygen atoms in total. The first-order chi connectivity index (χ1) is 14.0. The number of alkyl halides is 2. The summed E-state index contributed by atoms with van der Waals surface area (Å²) in [6.45, 7) is 0.547. The normalized spacial score (nSPS) is 10.9. The number of halogens is 4. The maximum atomic E-state index is 12.5. The molecule has 0 saturated carbocycles. The van der Waals surface area contributed by atoms with E-state index in [2.05, 4.69) is 25.7 Å². The molecule has 0 aliphatic carbocycles. The summed E-state index contributed by atoms with van der Waals surface area (Å²) in [7, 11) is 0. The first kappa shape index (κ1) is 25.9. The molecule has 1 amide bonds. The van der Waals surface area contributed by atoms with Crippen LogP contribution in [0.5, 0.6) is 5.75 Å². The lowest BCUT2D eigenvalue weighted by Gasteiger charge is -2.13. The first-order valence-electron chi connectivity index (χ1n) is 9.09. The van der Waals surface area contributed by atoms with Crippen LogP contribution in [0.15, 0.2) is 53.5 Å². The quantitative estimate of drug-likeness (QED) is 0.190. The third-order valence-corrected chi connectivity index (χ3v) is 4.09. The van der Waals surface area contributed by atoms with Crippen molar-refractivity contribution in [2.24, 2.45) is 4.99 Å². The van der Waals surface area contributed by atoms with Gasteiger partial charge in [0.2, 0.25) is 0 Å². The molecule has 0 spiro atoms. The van der Waals surface area contributed by atoms with Crippen molar-refractivity contribution in [3.05, 3.63) is 64.7 Å². The third-order valence-electron chi connectivity index (χ3n) is 3.76. The fourth-order valence-electron chi connectivity index (χ4n) is 2.45. The summed E-state index contributed by atoms with van der Waals surface area (Å²) in [6, 6.07) is 13.3. The molecule has 10 heteroatoms. The minimum Gasteiger partial charge on any atom is -0.434 e. The highest BCUT2D eigenvalue weighted by molar-refractivity contribution is 14.0. The van der Waals surface area contributed by atoms with Crippen molar-refractivity contribution in [1.82, 2.24) is 16.0 Å². The molecule has 0 radical (unpaired) electrons. The van der Waals surface area contributed by atoms with Crippen LogP contribution in [0.25, 0.3) is 0 Å². The van der Waals surface area contributed by atoms with Crippen molar-refractivity contribution in [2.45, 2.75) is 20.1 Å². The molecule has 0 unspecified atom stereocenters. The minimum absolute atomic E-state index is 0. The van der Waals surface area contributed by atoms with E-state index in [0.29, 0.717) is 41.7 Å². The van der Waals surface area contributed by atoms with Gasteiger partial charge >= 0.3 is 6.61 Å². The SMILES string of the molecule is CCNC(=NCc1ccccc1OC(F)F)NCCNC(=O)c1ccccc1Cl.I. The predicted octanol–water partition coefficient (Wildman–Crippen LogP) is 4.04. The van der Waals surface area contributed by atoms with Gasteiger partial charge in [0.1, 0.15) is 5.75 Å². The van der Waals surface area contributed by atoms with Gasteiger partial charge in [-0.25, -0.2) is 4.99 Å². The van der Waals surface area contributed by atoms with Crippen molar-refractivity contribution in [1.29, 1.82) is 0 Å². The van der Waals surface area contributed by atoms with Gasteiger partial charge in [-0.2, -0.15) is 8.78 Å². The number of para-hydroxylation sites is 1. The molecule has 0 bridgehead atoms. The molecule has 0 saturated heterocycles. The zero-order chi connectivity index (χ0) is 21.1. The summed E-state index contributed by atoms with van der Waals surface area (Å²) in [6.07, 6.45) is 0. The van der Waals surface area contributed by atoms with Crippen LogP contribution < -0.4 is 20.7 Å². The Bertz CT molecular complexity index is 840. The zero-order valence-electron chi connectivity index (χ0n) is 16.3. The van der Waals surface area contributed by atoms with E-state index in [-0.39, 0.29) is 42.2 Å². The van der Waals surface area contributed by atoms with Crippen LogP contribution in [-0.4, -0.2) is 38.1 Å². The van der Waals surface area contributed by atoms with Crippen LogP contribution in [0.1, 0.15) is 22.8 Å². The van der Waals surface area contributed by atoms with Gasteiger partial charge in [-0.05, 0) is 25.1 Å². The summed E-state index contributed by atoms with van der Waals surface area (Å²) in [4.78, 5) is 16.5. The van der Waals surface area contributed by atoms with E-state index in [0.717, 1.165) is 0 Å². The summed E-state index contributed by atoms with van der Waals surface area (Å²) in [5.41, 5.74) is 0.947. The number of carbonyl (C=O) groups is 1. The van der Waals surface area contributed by atoms with Crippen LogP contribution in [-0.2, 0) is 6.54 Å². The predicted molar refractivity (Wildman–Crippen MR) is 125 cm³/mol. The molecule has 164 valence electrons. The van der Waals surface area contributed by atoms with Crippen LogP contribution >= 0.6 is 35.6 Å². The maximum absolute atomic E-state index is 12.5. The Morgan fingerprint density at radius 1 is 1.07 bits per heavy atom. The maximum Gasteiger partial charge on any atom is 0.387 e. The van der Waals surface area contributed by atoms with Gasteiger partial charge in [0.15, 0.2) is 5.96 Å². The molecule has 2 rings (SSSR count). The van der Waals surface area contributed by atoms with E-state index in [1.807, 2.05) is 6.92 Å². The van der Waals surface area contributed by atoms with E-state index in [9.17, 15) is 13.6 Å². The Morgan fingerprint density at radius 2 is 1.73 bits per heavy atom. The van der Waals surface area contributed by atoms with Gasteiger partial charge in [0, 0.05) is 25.2 Å². The number of nitrogens with zero attached hydrogens (tertiary/aromatic N) is 1. The number of benzene rings is 2. The summed E-state index contributed by atoms with van der Waals surface area (Å²) in [5, 5.41) is 9.29. The fourth-order valence-corrected chi connectivity index (χ4v) is 2.67. The number of ether oxygens (including phenoxy) is 1. The molecular formula is C20H24ClF2IN4O2. The monoisotopic (exact) mass is 552 g/mol. The minimum atomic E-state index is -2.90. The molecule has 2 aromatic rings. The number of hydrogen-bond donors (Lipinski definition) is 3. The highest BCUT2D eigenvalue weighted by Crippen LogP contribution is 2.20. The van der Waals surface area contributed by atoms with Crippen molar-refractivity contribution in [3.63, 3.8) is 0 Å². The largest absolute Gasteiger partial charge is 0.434 e. The van der Waals surface area contributed by atoms with E-state index < -0.39 is 6.61 Å². The van der Waals surface area contributed by atoms with Crippen molar-refractivity contribution in [3.8, 4) is 5.75 Å². The van der Waals surface area contributed by atoms with E-state index in [4.69, 9.17) is 11.6 Å². The molecule has 0 heterocycles. The molecule has 2 aromatic carbocycles. The first-order valence-corrected chi connectivity index (χ1v) is 9.46. The van der Waals surface area contributed by atoms with Gasteiger partial charge < -0.3 is 20.7 Å². The van der Waals surface area contributed by atoms with Gasteiger partial charge in [0.25, 0.3) is 5.91 Å². The molecule has 0 fully saturated rings. The third kappa shape index (κ3) is 8.70. The highest BCUT2D eigenvalue weighted by Gasteiger charge is 2.10. The van der Waals surface area contributed by atoms with E-state index in [1.54, 1.807) is 42.5 Å². The Balaban J connectivity index is 0.00000450. The molecular weight excluding hydrogens is 529 g/mol. The molecule has 0 aliphatic rings. The Morgan fingerprint density at radius 3 is 2.43 bits per heavy atom. The number of rotatable bonds is 9. The number of amides is 1. The van der Waals surface area contributed by atoms with Crippen LogP contribution in [0.4, 0.5) is 8.78 Å². The standard InChI is InChI=1S/C20H23ClF2N4O2.HI/c1-2-24-20(27-13-14-7-3-6-10-17(14)29-19(22)23)26-12-11-25-18(28)15-8-4-5-9-16(15)21;/h3-10,19H,2,11-13H2,1H3,(H,25,28)(H2,24,26,27);1H. The lowest BCUT2D eigenvalue weighted by Crippen LogP contribution is -2.41. The topological polar surface area (TPSA) is 74.8 Å². The average molecular weight is 553 g/mol. The molecule has 0 atom stereocenters. The number of aliphatic imine (C=N–C) groups is 1. The van der Waals surface area contributed by atoms with Crippen LogP contribution in [0.2, 0.25) is 5.02 Å². The second-order valence-corrected chi connectivity index (χ2v) is 6.25. The molecule has 0 aliphatic heterocycles. The van der Waals surface area contributed by atoms with Gasteiger partial charge in [0.05, 0.1) is 17.1 Å². The van der Waals surface area contributed by atoms with Crippen LogP contribution in [0, 0.1) is 0 Å². The van der Waals surface area contributed by atoms with E-state index >= 15 is 0 Å². The Kier molecular flexibility index (Phi) is 12.1. The highest BCUT2D eigenvalue weighted by atomic mass is 127. The smallest absolute Gasteiger partial charge is 0.387 e. The summed E-state index contributed by atoms with van der Waals surface area (Å²) < 4.78 is 29.5. The number of nitrogens with one attached hydrogen (secondary N) is 3. The molecule has 3 N–H and O–H groups in total. The Labute approximate surface area is 196 Å². The van der Waals surface area contributed by atoms with Gasteiger partial charge in [-0.1, -0.05) is 41.9 Å². The van der Waals surface area contributed by atoms with Crippen molar-refractivity contribution in [2.75, 3.05) is 19.6 Å². The lowest BCUT2D eigenvalue weighted by molar-refractivity contribution is -0.0504. The Hall–Kier alpha value is -2.14. The van der Waals surface area contributed by atoms with Gasteiger partial charge in [-0.3, -0.25) is 4.79 Å². The summed E-state index contributed by atoms with van der Waals surface area (Å²) >= 11 is 6.00. The number of guanidine groups is 1. The average Bonchev–Trinajstić information content (AvgIpc) is 2.70. The summed E-state index contributed by atoms with van der Waals surface area (Å²) in [5.74, 6) is 0.317. The second-order valence-electron chi connectivity index (χ2n) is 5.84. The molecule has 30 heavy (non-hydrogen) atoms. The fraction of sp³-hybridized carbons (Fsp3) is 0.300. The number of hydrogen-bond acceptors (Lipinski definition) is 3. The van der Waals surface area contributed by atoms with E-state index in [1.165, 1.54) is 6.07 Å². The second kappa shape index (κ2) is 14.0. The van der Waals surface area contributed by atoms with Crippen molar-refractivity contribution >= 4 is 47.4 Å². The number of carbonyl (C=O) groups excluding carboxylic acids is 1. The van der Waals surface area contributed by atoms with Crippen LogP contribution in [0.3, 0.4) is 0 Å². The van der Waals surface area contributed by atoms with Crippen molar-refractivity contribution < 1.29 is 18.3 Å². The lowest BCUT2D eigenvalue weighted by atomic mass is 10.2. The zero-order valence-corrected chi connectivity index (χ0v) is 19.4.